The number of nitrogens with one attached hydrogen (secondary N) is 1. The predicted octanol–water partition coefficient (Wildman–Crippen LogP) is 0.410. The molecule has 0 bridgehead atoms. The fraction of sp³-hybridized carbons (Fsp3) is 0.500. The number of aromatic nitrogens is 1. The Hall–Kier alpha value is -0.980. The second-order valence-corrected chi connectivity index (χ2v) is 5.18. The van der Waals surface area contributed by atoms with Crippen LogP contribution in [0.2, 0.25) is 0 Å². The van der Waals surface area contributed by atoms with E-state index >= 15 is 0 Å². The first kappa shape index (κ1) is 13.1. The quantitative estimate of drug-likeness (QED) is 0.787. The number of pyridine rings is 1. The second kappa shape index (κ2) is 5.93. The highest BCUT2D eigenvalue weighted by Gasteiger charge is 2.17. The highest BCUT2D eigenvalue weighted by Crippen LogP contribution is 2.02. The van der Waals surface area contributed by atoms with Gasteiger partial charge in [-0.05, 0) is 24.1 Å². The lowest BCUT2D eigenvalue weighted by Crippen LogP contribution is -2.39. The highest BCUT2D eigenvalue weighted by molar-refractivity contribution is 7.87. The molecule has 1 heterocycles. The summed E-state index contributed by atoms with van der Waals surface area (Å²) >= 11 is 0. The third-order valence-corrected chi connectivity index (χ3v) is 3.99. The van der Waals surface area contributed by atoms with Gasteiger partial charge in [-0.25, -0.2) is 4.72 Å². The molecule has 0 fully saturated rings. The fourth-order valence-corrected chi connectivity index (χ4v) is 2.31. The first-order valence-electron chi connectivity index (χ1n) is 5.17. The van der Waals surface area contributed by atoms with Crippen LogP contribution in [0.5, 0.6) is 0 Å². The summed E-state index contributed by atoms with van der Waals surface area (Å²) in [6, 6.07) is 3.78. The number of hydrogen-bond donors (Lipinski definition) is 1. The van der Waals surface area contributed by atoms with E-state index in [2.05, 4.69) is 9.71 Å². The van der Waals surface area contributed by atoms with Gasteiger partial charge in [-0.15, -0.1) is 0 Å². The zero-order valence-corrected chi connectivity index (χ0v) is 10.4. The van der Waals surface area contributed by atoms with Crippen LogP contribution in [0, 0.1) is 0 Å². The molecule has 0 aliphatic rings. The van der Waals surface area contributed by atoms with E-state index in [9.17, 15) is 8.42 Å². The molecule has 1 N–H and O–H groups in total. The highest BCUT2D eigenvalue weighted by atomic mass is 32.2. The van der Waals surface area contributed by atoms with Gasteiger partial charge < -0.3 is 0 Å². The minimum Gasteiger partial charge on any atom is -0.265 e. The molecule has 0 unspecified atom stereocenters. The van der Waals surface area contributed by atoms with Gasteiger partial charge in [0.05, 0.1) is 0 Å². The lowest BCUT2D eigenvalue weighted by Gasteiger charge is -2.19. The van der Waals surface area contributed by atoms with Crippen molar-refractivity contribution in [1.29, 1.82) is 0 Å². The van der Waals surface area contributed by atoms with Gasteiger partial charge in [0.25, 0.3) is 10.2 Å². The Bertz CT molecular complexity index is 405. The van der Waals surface area contributed by atoms with Gasteiger partial charge >= 0.3 is 0 Å². The van der Waals surface area contributed by atoms with Gasteiger partial charge in [0.1, 0.15) is 0 Å². The average molecular weight is 243 g/mol. The van der Waals surface area contributed by atoms with Gasteiger partial charge in [-0.2, -0.15) is 12.7 Å². The monoisotopic (exact) mass is 243 g/mol. The Morgan fingerprint density at radius 1 is 1.38 bits per heavy atom. The van der Waals surface area contributed by atoms with E-state index in [1.54, 1.807) is 12.4 Å². The minimum atomic E-state index is -3.31. The average Bonchev–Trinajstić information content (AvgIpc) is 2.31. The van der Waals surface area contributed by atoms with Gasteiger partial charge in [0, 0.05) is 32.5 Å². The smallest absolute Gasteiger partial charge is 0.265 e. The van der Waals surface area contributed by atoms with E-state index in [1.165, 1.54) is 11.4 Å². The van der Waals surface area contributed by atoms with Crippen LogP contribution in [0.15, 0.2) is 24.5 Å². The lowest BCUT2D eigenvalue weighted by molar-refractivity contribution is 0.425. The molecule has 0 aliphatic carbocycles. The van der Waals surface area contributed by atoms with Gasteiger partial charge in [-0.3, -0.25) is 4.98 Å². The summed E-state index contributed by atoms with van der Waals surface area (Å²) in [5.41, 5.74) is 1.08. The van der Waals surface area contributed by atoms with Crippen LogP contribution < -0.4 is 4.72 Å². The molecule has 6 heteroatoms. The summed E-state index contributed by atoms with van der Waals surface area (Å²) in [7, 11) is -1.89. The maximum Gasteiger partial charge on any atom is 0.279 e. The molecule has 1 aromatic rings. The molecule has 16 heavy (non-hydrogen) atoms. The van der Waals surface area contributed by atoms with Crippen LogP contribution in [0.3, 0.4) is 0 Å². The molecule has 0 radical (unpaired) electrons. The Kier molecular flexibility index (Phi) is 4.85. The largest absolute Gasteiger partial charge is 0.279 e. The summed E-state index contributed by atoms with van der Waals surface area (Å²) in [5.74, 6) is 0. The molecule has 90 valence electrons. The van der Waals surface area contributed by atoms with Crippen LogP contribution in [-0.2, 0) is 16.6 Å². The van der Waals surface area contributed by atoms with Crippen molar-refractivity contribution in [1.82, 2.24) is 14.0 Å². The van der Waals surface area contributed by atoms with Gasteiger partial charge in [0.15, 0.2) is 0 Å². The maximum absolute atomic E-state index is 11.6. The normalized spacial score (nSPS) is 11.9. The van der Waals surface area contributed by atoms with Crippen molar-refractivity contribution in [2.45, 2.75) is 13.3 Å². The topological polar surface area (TPSA) is 62.3 Å². The van der Waals surface area contributed by atoms with Crippen LogP contribution >= 0.6 is 0 Å². The molecule has 0 saturated heterocycles. The molecule has 0 atom stereocenters. The molecule has 0 saturated carbocycles. The van der Waals surface area contributed by atoms with Crippen molar-refractivity contribution in [3.8, 4) is 0 Å². The summed E-state index contributed by atoms with van der Waals surface area (Å²) in [6.07, 6.45) is 4.10. The van der Waals surface area contributed by atoms with E-state index < -0.39 is 10.2 Å². The molecule has 1 rings (SSSR count). The van der Waals surface area contributed by atoms with Crippen molar-refractivity contribution in [3.05, 3.63) is 30.1 Å². The van der Waals surface area contributed by atoms with E-state index in [0.29, 0.717) is 19.5 Å². The van der Waals surface area contributed by atoms with E-state index in [1.807, 2.05) is 19.1 Å². The molecule has 5 nitrogen and oxygen atoms in total. The summed E-state index contributed by atoms with van der Waals surface area (Å²) < 4.78 is 26.8. The molecule has 0 aliphatic heterocycles. The predicted molar refractivity (Wildman–Crippen MR) is 63.2 cm³/mol. The van der Waals surface area contributed by atoms with Crippen LogP contribution in [0.25, 0.3) is 0 Å². The third kappa shape index (κ3) is 3.55. The second-order valence-electron chi connectivity index (χ2n) is 3.31. The molecule has 0 spiro atoms. The number of likely N-dealkylation sites (N-methyl/N-ethyl adjacent to an activating group) is 1. The lowest BCUT2D eigenvalue weighted by atomic mass is 10.2. The van der Waals surface area contributed by atoms with Gasteiger partial charge in [0.2, 0.25) is 0 Å². The molecule has 1 aromatic heterocycles. The summed E-state index contributed by atoms with van der Waals surface area (Å²) in [4.78, 5) is 3.91. The first-order valence-corrected chi connectivity index (χ1v) is 6.61. The third-order valence-electron chi connectivity index (χ3n) is 2.35. The van der Waals surface area contributed by atoms with E-state index in [-0.39, 0.29) is 0 Å². The van der Waals surface area contributed by atoms with E-state index in [4.69, 9.17) is 0 Å². The van der Waals surface area contributed by atoms with Crippen LogP contribution in [0.4, 0.5) is 0 Å². The Balaban J connectivity index is 2.60. The van der Waals surface area contributed by atoms with Crippen molar-refractivity contribution in [2.75, 3.05) is 20.1 Å². The first-order chi connectivity index (χ1) is 7.60. The van der Waals surface area contributed by atoms with Crippen molar-refractivity contribution in [2.24, 2.45) is 0 Å². The van der Waals surface area contributed by atoms with Crippen LogP contribution in [0.1, 0.15) is 12.5 Å². The summed E-state index contributed by atoms with van der Waals surface area (Å²) in [5, 5.41) is 0. The molecular weight excluding hydrogens is 226 g/mol. The van der Waals surface area contributed by atoms with Crippen LogP contribution in [-0.4, -0.2) is 37.8 Å². The zero-order valence-electron chi connectivity index (χ0n) is 9.55. The number of hydrogen-bond acceptors (Lipinski definition) is 3. The maximum atomic E-state index is 11.6. The SMILES string of the molecule is CCN(CCc1ccncc1)S(=O)(=O)NC. The van der Waals surface area contributed by atoms with Crippen molar-refractivity contribution in [3.63, 3.8) is 0 Å². The Labute approximate surface area is 96.7 Å². The Morgan fingerprint density at radius 3 is 2.50 bits per heavy atom. The minimum absolute atomic E-state index is 0.467. The molecule has 0 aromatic carbocycles. The molecule has 0 amide bonds. The fourth-order valence-electron chi connectivity index (χ4n) is 1.38. The van der Waals surface area contributed by atoms with Crippen molar-refractivity contribution >= 4 is 10.2 Å². The van der Waals surface area contributed by atoms with Crippen molar-refractivity contribution < 1.29 is 8.42 Å². The summed E-state index contributed by atoms with van der Waals surface area (Å²) in [6.45, 7) is 2.76. The number of nitrogens with zero attached hydrogens (tertiary/aromatic N) is 2. The number of rotatable bonds is 6. The zero-order chi connectivity index (χ0) is 12.0. The molecular formula is C10H17N3O2S. The van der Waals surface area contributed by atoms with Gasteiger partial charge in [-0.1, -0.05) is 6.92 Å². The van der Waals surface area contributed by atoms with E-state index in [0.717, 1.165) is 5.56 Å². The standard InChI is InChI=1S/C10H17N3O2S/c1-3-13(16(14,15)11-2)9-6-10-4-7-12-8-5-10/h4-5,7-8,11H,3,6,9H2,1-2H3. The Morgan fingerprint density at radius 2 is 2.00 bits per heavy atom.